The molecule has 5 rings (SSSR count). The number of hydrogen-bond acceptors (Lipinski definition) is 7. The number of rotatable bonds is 12. The molecule has 0 bridgehead atoms. The fourth-order valence-corrected chi connectivity index (χ4v) is 5.55. The summed E-state index contributed by atoms with van der Waals surface area (Å²) in [6.45, 7) is 8.71. The Kier molecular flexibility index (Phi) is 9.57. The first-order valence-corrected chi connectivity index (χ1v) is 14.7. The van der Waals surface area contributed by atoms with E-state index >= 15 is 0 Å². The number of amides is 2. The van der Waals surface area contributed by atoms with E-state index in [9.17, 15) is 9.59 Å². The molecule has 2 heterocycles. The molecule has 8 nitrogen and oxygen atoms in total. The number of imide groups is 1. The quantitative estimate of drug-likeness (QED) is 0.190. The topological polar surface area (TPSA) is 91.1 Å². The summed E-state index contributed by atoms with van der Waals surface area (Å²) in [6, 6.07) is 23.3. The lowest BCUT2D eigenvalue weighted by molar-refractivity contribution is -0.141. The summed E-state index contributed by atoms with van der Waals surface area (Å²) in [6.07, 6.45) is 0.0397. The molecular formula is C35H38N2O6. The van der Waals surface area contributed by atoms with Crippen LogP contribution in [0, 0.1) is 20.8 Å². The van der Waals surface area contributed by atoms with Crippen LogP contribution in [0.4, 0.5) is 4.79 Å². The second-order valence-corrected chi connectivity index (χ2v) is 10.8. The van der Waals surface area contributed by atoms with Crippen LogP contribution in [0.2, 0.25) is 0 Å². The summed E-state index contributed by atoms with van der Waals surface area (Å²) >= 11 is 0. The molecule has 8 heteroatoms. The summed E-state index contributed by atoms with van der Waals surface area (Å²) in [5.41, 5.74) is 5.70. The fourth-order valence-electron chi connectivity index (χ4n) is 5.55. The first kappa shape index (κ1) is 30.0. The van der Waals surface area contributed by atoms with Crippen LogP contribution in [0.1, 0.15) is 40.6 Å². The predicted octanol–water partition coefficient (Wildman–Crippen LogP) is 6.43. The van der Waals surface area contributed by atoms with Gasteiger partial charge < -0.3 is 18.6 Å². The molecule has 0 spiro atoms. The second-order valence-electron chi connectivity index (χ2n) is 10.8. The maximum absolute atomic E-state index is 13.6. The van der Waals surface area contributed by atoms with Gasteiger partial charge >= 0.3 is 6.09 Å². The van der Waals surface area contributed by atoms with Gasteiger partial charge in [-0.15, -0.1) is 0 Å². The minimum Gasteiger partial charge on any atom is -0.493 e. The van der Waals surface area contributed by atoms with E-state index in [1.165, 1.54) is 4.90 Å². The second kappa shape index (κ2) is 13.7. The largest absolute Gasteiger partial charge is 0.493 e. The number of aromatic nitrogens is 1. The number of aryl methyl sites for hydroxylation is 3. The van der Waals surface area contributed by atoms with E-state index in [-0.39, 0.29) is 18.6 Å². The van der Waals surface area contributed by atoms with Crippen LogP contribution >= 0.6 is 0 Å². The Bertz CT molecular complexity index is 1530. The third kappa shape index (κ3) is 7.14. The number of carbonyl (C=O) groups is 2. The lowest BCUT2D eigenvalue weighted by Crippen LogP contribution is -2.47. The van der Waals surface area contributed by atoms with Gasteiger partial charge in [-0.1, -0.05) is 60.7 Å². The highest BCUT2D eigenvalue weighted by Crippen LogP contribution is 2.28. The first-order chi connectivity index (χ1) is 20.8. The highest BCUT2D eigenvalue weighted by molar-refractivity contribution is 5.96. The van der Waals surface area contributed by atoms with E-state index in [1.807, 2.05) is 100 Å². The minimum atomic E-state index is -0.812. The number of carbonyl (C=O) groups excluding carboxylic acids is 2. The van der Waals surface area contributed by atoms with Crippen molar-refractivity contribution in [3.05, 3.63) is 107 Å². The SMILES string of the molecule is CCO[C@@H](Cc1cc(C)c(OCCc2nc(-c3ccccc3)oc2C)c(C)c1)C(=O)N1C(=O)OCC1Cc1ccccc1. The van der Waals surface area contributed by atoms with Crippen molar-refractivity contribution in [2.24, 2.45) is 0 Å². The number of cyclic esters (lactones) is 1. The van der Waals surface area contributed by atoms with Gasteiger partial charge in [0.2, 0.25) is 5.89 Å². The average molecular weight is 583 g/mol. The predicted molar refractivity (Wildman–Crippen MR) is 163 cm³/mol. The zero-order valence-electron chi connectivity index (χ0n) is 25.2. The molecule has 1 aliphatic rings. The summed E-state index contributed by atoms with van der Waals surface area (Å²) in [7, 11) is 0. The molecular weight excluding hydrogens is 544 g/mol. The van der Waals surface area contributed by atoms with Crippen LogP contribution < -0.4 is 4.74 Å². The molecule has 1 fully saturated rings. The molecule has 1 aromatic heterocycles. The summed E-state index contributed by atoms with van der Waals surface area (Å²) in [5.74, 6) is 1.82. The van der Waals surface area contributed by atoms with Crippen LogP contribution in [0.3, 0.4) is 0 Å². The molecule has 2 amide bonds. The van der Waals surface area contributed by atoms with Crippen molar-refractivity contribution in [3.8, 4) is 17.2 Å². The number of hydrogen-bond donors (Lipinski definition) is 0. The molecule has 1 unspecified atom stereocenters. The maximum atomic E-state index is 13.6. The Morgan fingerprint density at radius 1 is 1.00 bits per heavy atom. The smallest absolute Gasteiger partial charge is 0.417 e. The normalized spacial score (nSPS) is 15.4. The molecule has 224 valence electrons. The van der Waals surface area contributed by atoms with Crippen molar-refractivity contribution in [3.63, 3.8) is 0 Å². The average Bonchev–Trinajstić information content (AvgIpc) is 3.56. The highest BCUT2D eigenvalue weighted by atomic mass is 16.6. The Balaban J connectivity index is 1.24. The van der Waals surface area contributed by atoms with Crippen molar-refractivity contribution >= 4 is 12.0 Å². The van der Waals surface area contributed by atoms with E-state index in [0.29, 0.717) is 38.4 Å². The summed E-state index contributed by atoms with van der Waals surface area (Å²) < 4.78 is 23.3. The molecule has 1 aliphatic heterocycles. The van der Waals surface area contributed by atoms with Crippen molar-refractivity contribution in [2.45, 2.75) is 59.1 Å². The van der Waals surface area contributed by atoms with Crippen molar-refractivity contribution in [2.75, 3.05) is 19.8 Å². The number of nitrogens with zero attached hydrogens (tertiary/aromatic N) is 2. The summed E-state index contributed by atoms with van der Waals surface area (Å²) in [5, 5.41) is 0. The molecule has 0 saturated carbocycles. The monoisotopic (exact) mass is 582 g/mol. The summed E-state index contributed by atoms with van der Waals surface area (Å²) in [4.78, 5) is 32.2. The van der Waals surface area contributed by atoms with Crippen LogP contribution in [-0.4, -0.2) is 53.9 Å². The fraction of sp³-hybridized carbons (Fsp3) is 0.343. The van der Waals surface area contributed by atoms with E-state index < -0.39 is 12.2 Å². The Morgan fingerprint density at radius 3 is 2.35 bits per heavy atom. The molecule has 2 atom stereocenters. The van der Waals surface area contributed by atoms with Crippen LogP contribution in [0.5, 0.6) is 5.75 Å². The molecule has 0 N–H and O–H groups in total. The van der Waals surface area contributed by atoms with Gasteiger partial charge in [-0.2, -0.15) is 0 Å². The molecule has 1 saturated heterocycles. The van der Waals surface area contributed by atoms with Crippen LogP contribution in [-0.2, 0) is 33.5 Å². The molecule has 43 heavy (non-hydrogen) atoms. The van der Waals surface area contributed by atoms with Crippen molar-refractivity contribution in [1.29, 1.82) is 0 Å². The first-order valence-electron chi connectivity index (χ1n) is 14.7. The third-order valence-electron chi connectivity index (χ3n) is 7.60. The number of ether oxygens (including phenoxy) is 3. The Labute approximate surface area is 252 Å². The Morgan fingerprint density at radius 2 is 1.67 bits per heavy atom. The minimum absolute atomic E-state index is 0.171. The standard InChI is InChI=1S/C35H38N2O6/c1-5-40-31(34(38)37-29(22-42-35(37)39)20-26-12-8-6-9-13-26)21-27-18-23(2)32(24(3)19-27)41-17-16-30-25(4)43-33(36-30)28-14-10-7-11-15-28/h6-15,18-19,29,31H,5,16-17,20-22H2,1-4H3/t29?,31-/m0/s1. The van der Waals surface area contributed by atoms with E-state index in [1.54, 1.807) is 0 Å². The van der Waals surface area contributed by atoms with Crippen molar-refractivity contribution in [1.82, 2.24) is 9.88 Å². The van der Waals surface area contributed by atoms with E-state index in [0.717, 1.165) is 45.0 Å². The van der Waals surface area contributed by atoms with Crippen LogP contribution in [0.25, 0.3) is 11.5 Å². The lowest BCUT2D eigenvalue weighted by Gasteiger charge is -2.25. The molecule has 0 radical (unpaired) electrons. The van der Waals surface area contributed by atoms with E-state index in [4.69, 9.17) is 18.6 Å². The molecule has 0 aliphatic carbocycles. The van der Waals surface area contributed by atoms with Gasteiger partial charge in [-0.05, 0) is 68.5 Å². The van der Waals surface area contributed by atoms with Gasteiger partial charge in [0.15, 0.2) is 0 Å². The lowest BCUT2D eigenvalue weighted by atomic mass is 9.99. The van der Waals surface area contributed by atoms with Gasteiger partial charge in [0, 0.05) is 25.0 Å². The highest BCUT2D eigenvalue weighted by Gasteiger charge is 2.41. The zero-order valence-corrected chi connectivity index (χ0v) is 25.2. The Hall–Kier alpha value is -4.43. The van der Waals surface area contributed by atoms with Crippen LogP contribution in [0.15, 0.2) is 77.2 Å². The zero-order chi connectivity index (χ0) is 30.3. The van der Waals surface area contributed by atoms with E-state index in [2.05, 4.69) is 4.98 Å². The van der Waals surface area contributed by atoms with Gasteiger partial charge in [0.25, 0.3) is 5.91 Å². The molecule has 3 aromatic carbocycles. The third-order valence-corrected chi connectivity index (χ3v) is 7.60. The number of benzene rings is 3. The van der Waals surface area contributed by atoms with Gasteiger partial charge in [0.1, 0.15) is 24.2 Å². The van der Waals surface area contributed by atoms with Crippen molar-refractivity contribution < 1.29 is 28.2 Å². The van der Waals surface area contributed by atoms with Gasteiger partial charge in [-0.3, -0.25) is 4.79 Å². The maximum Gasteiger partial charge on any atom is 0.417 e. The van der Waals surface area contributed by atoms with Gasteiger partial charge in [0.05, 0.1) is 18.3 Å². The number of oxazole rings is 1. The van der Waals surface area contributed by atoms with Gasteiger partial charge in [-0.25, -0.2) is 14.7 Å². The molecule has 4 aromatic rings.